The third-order valence-electron chi connectivity index (χ3n) is 5.49. The molecule has 4 aromatic rings. The molecule has 2 aromatic heterocycles. The van der Waals surface area contributed by atoms with Crippen molar-refractivity contribution in [3.63, 3.8) is 0 Å². The van der Waals surface area contributed by atoms with E-state index in [-0.39, 0.29) is 5.75 Å². The Kier molecular flexibility index (Phi) is 4.72. The summed E-state index contributed by atoms with van der Waals surface area (Å²) in [5.41, 5.74) is 4.68. The van der Waals surface area contributed by atoms with Crippen LogP contribution in [0.2, 0.25) is 0 Å². The van der Waals surface area contributed by atoms with Crippen molar-refractivity contribution >= 4 is 23.0 Å². The summed E-state index contributed by atoms with van der Waals surface area (Å²) in [4.78, 5) is 9.36. The number of phenolic OH excluding ortho intramolecular Hbond substituents is 1. The van der Waals surface area contributed by atoms with Crippen LogP contribution in [0.3, 0.4) is 0 Å². The second kappa shape index (κ2) is 7.68. The molecule has 152 valence electrons. The van der Waals surface area contributed by atoms with Crippen LogP contribution in [0.4, 0.5) is 17.3 Å². The standard InChI is InChI=1S/C23H24N6O/c1-27-12-14-28(15-13-27)19-10-8-18(9-11-19)24-23-25-22-7-3-6-21(29(22)26-23)17-4-2-5-20(30)16-17/h2-11,16,30H,12-15H2,1H3,(H,24,26). The first-order chi connectivity index (χ1) is 14.7. The van der Waals surface area contributed by atoms with Crippen molar-refractivity contribution in [1.29, 1.82) is 0 Å². The minimum Gasteiger partial charge on any atom is -0.508 e. The van der Waals surface area contributed by atoms with Crippen molar-refractivity contribution < 1.29 is 5.11 Å². The number of likely N-dealkylation sites (N-methyl/N-ethyl adjacent to an activating group) is 1. The van der Waals surface area contributed by atoms with Gasteiger partial charge in [0.05, 0.1) is 5.69 Å². The third kappa shape index (κ3) is 3.67. The minimum atomic E-state index is 0.225. The molecule has 0 spiro atoms. The molecule has 0 radical (unpaired) electrons. The molecule has 1 saturated heterocycles. The van der Waals surface area contributed by atoms with Crippen LogP contribution in [0, 0.1) is 0 Å². The summed E-state index contributed by atoms with van der Waals surface area (Å²) in [5, 5.41) is 17.7. The molecule has 7 nitrogen and oxygen atoms in total. The van der Waals surface area contributed by atoms with E-state index < -0.39 is 0 Å². The van der Waals surface area contributed by atoms with E-state index in [1.807, 2.05) is 30.3 Å². The van der Waals surface area contributed by atoms with Gasteiger partial charge in [0, 0.05) is 43.1 Å². The number of rotatable bonds is 4. The lowest BCUT2D eigenvalue weighted by atomic mass is 10.1. The van der Waals surface area contributed by atoms with Crippen LogP contribution in [-0.4, -0.2) is 57.8 Å². The molecule has 5 rings (SSSR count). The van der Waals surface area contributed by atoms with Gasteiger partial charge in [-0.25, -0.2) is 4.52 Å². The normalized spacial score (nSPS) is 14.9. The number of nitrogens with zero attached hydrogens (tertiary/aromatic N) is 5. The zero-order valence-electron chi connectivity index (χ0n) is 16.9. The number of aromatic nitrogens is 3. The van der Waals surface area contributed by atoms with Crippen LogP contribution in [-0.2, 0) is 0 Å². The van der Waals surface area contributed by atoms with Gasteiger partial charge in [-0.3, -0.25) is 0 Å². The van der Waals surface area contributed by atoms with Gasteiger partial charge in [0.25, 0.3) is 0 Å². The van der Waals surface area contributed by atoms with Crippen LogP contribution < -0.4 is 10.2 Å². The molecule has 0 bridgehead atoms. The molecule has 0 saturated carbocycles. The fourth-order valence-corrected chi connectivity index (χ4v) is 3.79. The number of piperazine rings is 1. The smallest absolute Gasteiger partial charge is 0.247 e. The van der Waals surface area contributed by atoms with Gasteiger partial charge in [0.15, 0.2) is 5.65 Å². The third-order valence-corrected chi connectivity index (χ3v) is 5.49. The van der Waals surface area contributed by atoms with Gasteiger partial charge >= 0.3 is 0 Å². The van der Waals surface area contributed by atoms with E-state index >= 15 is 0 Å². The molecular weight excluding hydrogens is 376 g/mol. The van der Waals surface area contributed by atoms with Gasteiger partial charge in [-0.15, -0.1) is 5.10 Å². The molecule has 1 fully saturated rings. The predicted molar refractivity (Wildman–Crippen MR) is 120 cm³/mol. The molecular formula is C23H24N6O. The van der Waals surface area contributed by atoms with E-state index in [2.05, 4.69) is 56.5 Å². The Bertz CT molecular complexity index is 1160. The SMILES string of the molecule is CN1CCN(c2ccc(Nc3nc4cccc(-c5cccc(O)c5)n4n3)cc2)CC1. The highest BCUT2D eigenvalue weighted by Gasteiger charge is 2.14. The number of anilines is 3. The molecule has 2 N–H and O–H groups in total. The average molecular weight is 400 g/mol. The lowest BCUT2D eigenvalue weighted by molar-refractivity contribution is 0.313. The summed E-state index contributed by atoms with van der Waals surface area (Å²) in [6, 6.07) is 21.4. The van der Waals surface area contributed by atoms with Gasteiger partial charge in [-0.05, 0) is 55.6 Å². The number of fused-ring (bicyclic) bond motifs is 1. The van der Waals surface area contributed by atoms with Crippen LogP contribution in [0.1, 0.15) is 0 Å². The maximum Gasteiger partial charge on any atom is 0.247 e. The van der Waals surface area contributed by atoms with Crippen molar-refractivity contribution in [3.8, 4) is 17.0 Å². The molecule has 2 aromatic carbocycles. The first-order valence-electron chi connectivity index (χ1n) is 10.1. The molecule has 0 aliphatic carbocycles. The predicted octanol–water partition coefficient (Wildman–Crippen LogP) is 3.60. The largest absolute Gasteiger partial charge is 0.508 e. The van der Waals surface area contributed by atoms with Crippen LogP contribution >= 0.6 is 0 Å². The van der Waals surface area contributed by atoms with E-state index in [9.17, 15) is 5.11 Å². The number of hydrogen-bond donors (Lipinski definition) is 2. The summed E-state index contributed by atoms with van der Waals surface area (Å²) in [7, 11) is 2.16. The first-order valence-corrected chi connectivity index (χ1v) is 10.1. The highest BCUT2D eigenvalue weighted by Crippen LogP contribution is 2.25. The van der Waals surface area contributed by atoms with Crippen molar-refractivity contribution in [3.05, 3.63) is 66.7 Å². The van der Waals surface area contributed by atoms with Gasteiger partial charge in [-0.2, -0.15) is 4.98 Å². The molecule has 1 aliphatic heterocycles. The molecule has 0 atom stereocenters. The van der Waals surface area contributed by atoms with Gasteiger partial charge in [0.1, 0.15) is 5.75 Å². The Morgan fingerprint density at radius 3 is 2.43 bits per heavy atom. The highest BCUT2D eigenvalue weighted by atomic mass is 16.3. The van der Waals surface area contributed by atoms with E-state index in [1.165, 1.54) is 5.69 Å². The Labute approximate surface area is 175 Å². The van der Waals surface area contributed by atoms with E-state index in [1.54, 1.807) is 16.6 Å². The summed E-state index contributed by atoms with van der Waals surface area (Å²) >= 11 is 0. The van der Waals surface area contributed by atoms with Gasteiger partial charge < -0.3 is 20.2 Å². The Morgan fingerprint density at radius 2 is 1.67 bits per heavy atom. The van der Waals surface area contributed by atoms with Crippen molar-refractivity contribution in [2.24, 2.45) is 0 Å². The summed E-state index contributed by atoms with van der Waals surface area (Å²) in [6.45, 7) is 4.28. The number of nitrogens with one attached hydrogen (secondary N) is 1. The Morgan fingerprint density at radius 1 is 0.900 bits per heavy atom. The first kappa shape index (κ1) is 18.4. The second-order valence-corrected chi connectivity index (χ2v) is 7.63. The quantitative estimate of drug-likeness (QED) is 0.546. The number of hydrogen-bond acceptors (Lipinski definition) is 6. The van der Waals surface area contributed by atoms with E-state index in [0.717, 1.165) is 48.8 Å². The molecule has 7 heteroatoms. The zero-order valence-corrected chi connectivity index (χ0v) is 16.9. The van der Waals surface area contributed by atoms with E-state index in [4.69, 9.17) is 0 Å². The lowest BCUT2D eigenvalue weighted by Gasteiger charge is -2.34. The highest BCUT2D eigenvalue weighted by molar-refractivity contribution is 5.66. The summed E-state index contributed by atoms with van der Waals surface area (Å²) in [6.07, 6.45) is 0. The fourth-order valence-electron chi connectivity index (χ4n) is 3.79. The Hall–Kier alpha value is -3.58. The van der Waals surface area contributed by atoms with Gasteiger partial charge in [-0.1, -0.05) is 18.2 Å². The maximum atomic E-state index is 9.81. The molecule has 30 heavy (non-hydrogen) atoms. The van der Waals surface area contributed by atoms with Crippen molar-refractivity contribution in [1.82, 2.24) is 19.5 Å². The maximum absolute atomic E-state index is 9.81. The number of aromatic hydroxyl groups is 1. The number of pyridine rings is 1. The minimum absolute atomic E-state index is 0.225. The molecule has 0 amide bonds. The topological polar surface area (TPSA) is 68.9 Å². The monoisotopic (exact) mass is 400 g/mol. The van der Waals surface area contributed by atoms with Crippen LogP contribution in [0.25, 0.3) is 16.9 Å². The average Bonchev–Trinajstić information content (AvgIpc) is 3.17. The van der Waals surface area contributed by atoms with Crippen LogP contribution in [0.5, 0.6) is 5.75 Å². The second-order valence-electron chi connectivity index (χ2n) is 7.63. The Balaban J connectivity index is 1.38. The van der Waals surface area contributed by atoms with Gasteiger partial charge in [0.2, 0.25) is 5.95 Å². The number of benzene rings is 2. The zero-order chi connectivity index (χ0) is 20.5. The number of phenols is 1. The van der Waals surface area contributed by atoms with Crippen LogP contribution in [0.15, 0.2) is 66.7 Å². The fraction of sp³-hybridized carbons (Fsp3) is 0.217. The lowest BCUT2D eigenvalue weighted by Crippen LogP contribution is -2.44. The molecule has 1 aliphatic rings. The molecule has 3 heterocycles. The van der Waals surface area contributed by atoms with E-state index in [0.29, 0.717) is 5.95 Å². The summed E-state index contributed by atoms with van der Waals surface area (Å²) in [5.74, 6) is 0.762. The summed E-state index contributed by atoms with van der Waals surface area (Å²) < 4.78 is 1.79. The molecule has 0 unspecified atom stereocenters. The van der Waals surface area contributed by atoms with Crippen molar-refractivity contribution in [2.75, 3.05) is 43.4 Å². The van der Waals surface area contributed by atoms with Crippen molar-refractivity contribution in [2.45, 2.75) is 0 Å².